The molecule has 0 aromatic carbocycles. The van der Waals surface area contributed by atoms with Crippen molar-refractivity contribution >= 4 is 62.2 Å². The fraction of sp³-hybridized carbons (Fsp3) is 0.250. The molecule has 0 spiro atoms. The number of hydrogen-bond acceptors (Lipinski definition) is 6. The van der Waals surface area contributed by atoms with Gasteiger partial charge < -0.3 is 4.74 Å². The number of methoxy groups -OCH3 is 1. The van der Waals surface area contributed by atoms with Gasteiger partial charge >= 0.3 is 5.97 Å². The number of nitrogens with zero attached hydrogens (tertiary/aromatic N) is 1. The number of hydrogen-bond donors (Lipinski definition) is 0. The summed E-state index contributed by atoms with van der Waals surface area (Å²) in [6.07, 6.45) is 1.64. The lowest BCUT2D eigenvalue weighted by Crippen LogP contribution is -2.42. The van der Waals surface area contributed by atoms with E-state index in [1.165, 1.54) is 25.4 Å². The molecule has 0 saturated carbocycles. The molecule has 0 unspecified atom stereocenters. The summed E-state index contributed by atoms with van der Waals surface area (Å²) in [6.45, 7) is 1.47. The maximum atomic E-state index is 12.2. The smallest absolute Gasteiger partial charge is 0.328 e. The summed E-state index contributed by atoms with van der Waals surface area (Å²) in [6, 6.07) is 0.927. The Morgan fingerprint density at radius 3 is 2.75 bits per heavy atom. The number of thiophene rings is 1. The molecule has 1 fully saturated rings. The second-order valence-electron chi connectivity index (χ2n) is 3.92. The minimum absolute atomic E-state index is 0.306. The van der Waals surface area contributed by atoms with Crippen LogP contribution in [0.25, 0.3) is 6.08 Å². The number of esters is 1. The molecule has 0 N–H and O–H groups in total. The van der Waals surface area contributed by atoms with Crippen molar-refractivity contribution in [2.45, 2.75) is 13.0 Å². The van der Waals surface area contributed by atoms with Crippen LogP contribution in [0.15, 0.2) is 20.8 Å². The Bertz CT molecular complexity index is 610. The van der Waals surface area contributed by atoms with Gasteiger partial charge in [-0.1, -0.05) is 0 Å². The molecule has 8 heteroatoms. The molecule has 2 heterocycles. The van der Waals surface area contributed by atoms with Crippen molar-refractivity contribution in [3.8, 4) is 0 Å². The molecule has 0 radical (unpaired) electrons. The SMILES string of the molecule is COC(=O)[C@H](C)N1C(=O)S/C(=C\c2cc(Br)cs2)C1=O. The van der Waals surface area contributed by atoms with Crippen LogP contribution in [0.4, 0.5) is 4.79 Å². The van der Waals surface area contributed by atoms with Crippen LogP contribution in [0.1, 0.15) is 11.8 Å². The lowest BCUT2D eigenvalue weighted by molar-refractivity contribution is -0.148. The summed E-state index contributed by atoms with van der Waals surface area (Å²) in [4.78, 5) is 37.6. The summed E-state index contributed by atoms with van der Waals surface area (Å²) in [7, 11) is 1.22. The van der Waals surface area contributed by atoms with E-state index >= 15 is 0 Å². The Morgan fingerprint density at radius 2 is 2.20 bits per heavy atom. The van der Waals surface area contributed by atoms with Crippen LogP contribution in [-0.2, 0) is 14.3 Å². The van der Waals surface area contributed by atoms with Crippen molar-refractivity contribution in [2.24, 2.45) is 0 Å². The lowest BCUT2D eigenvalue weighted by Gasteiger charge is -2.18. The Balaban J connectivity index is 2.25. The molecule has 1 aliphatic rings. The van der Waals surface area contributed by atoms with Crippen LogP contribution in [0.5, 0.6) is 0 Å². The molecule has 2 amide bonds. The van der Waals surface area contributed by atoms with E-state index in [2.05, 4.69) is 20.7 Å². The van der Waals surface area contributed by atoms with Gasteiger partial charge in [0, 0.05) is 14.7 Å². The van der Waals surface area contributed by atoms with Gasteiger partial charge in [0.05, 0.1) is 12.0 Å². The molecule has 5 nitrogen and oxygen atoms in total. The molecule has 106 valence electrons. The first kappa shape index (κ1) is 15.3. The van der Waals surface area contributed by atoms with E-state index < -0.39 is 23.2 Å². The van der Waals surface area contributed by atoms with Gasteiger partial charge in [0.1, 0.15) is 6.04 Å². The molecular formula is C12H10BrNO4S2. The number of thioether (sulfide) groups is 1. The minimum atomic E-state index is -0.923. The third-order valence-electron chi connectivity index (χ3n) is 2.61. The fourth-order valence-corrected chi connectivity index (χ4v) is 3.97. The fourth-order valence-electron chi connectivity index (χ4n) is 1.62. The van der Waals surface area contributed by atoms with Crippen molar-refractivity contribution in [3.63, 3.8) is 0 Å². The van der Waals surface area contributed by atoms with Gasteiger partial charge in [-0.05, 0) is 46.8 Å². The van der Waals surface area contributed by atoms with Crippen molar-refractivity contribution in [3.05, 3.63) is 25.7 Å². The van der Waals surface area contributed by atoms with Gasteiger partial charge in [0.15, 0.2) is 0 Å². The van der Waals surface area contributed by atoms with E-state index in [1.807, 2.05) is 11.4 Å². The molecule has 1 aliphatic heterocycles. The highest BCUT2D eigenvalue weighted by Crippen LogP contribution is 2.35. The van der Waals surface area contributed by atoms with E-state index in [9.17, 15) is 14.4 Å². The van der Waals surface area contributed by atoms with Crippen LogP contribution in [0.3, 0.4) is 0 Å². The number of rotatable bonds is 3. The number of halogens is 1. The van der Waals surface area contributed by atoms with Gasteiger partial charge in [-0.3, -0.25) is 14.5 Å². The third-order valence-corrected chi connectivity index (χ3v) is 5.14. The largest absolute Gasteiger partial charge is 0.467 e. The molecule has 1 aromatic heterocycles. The number of ether oxygens (including phenoxy) is 1. The van der Waals surface area contributed by atoms with Crippen molar-refractivity contribution in [1.29, 1.82) is 0 Å². The zero-order chi connectivity index (χ0) is 14.9. The molecule has 20 heavy (non-hydrogen) atoms. The number of imide groups is 1. The zero-order valence-electron chi connectivity index (χ0n) is 10.6. The number of carbonyl (C=O) groups excluding carboxylic acids is 3. The second-order valence-corrected chi connectivity index (χ2v) is 6.77. The average molecular weight is 376 g/mol. The maximum Gasteiger partial charge on any atom is 0.328 e. The van der Waals surface area contributed by atoms with Crippen molar-refractivity contribution in [2.75, 3.05) is 7.11 Å². The molecule has 1 saturated heterocycles. The summed E-state index contributed by atoms with van der Waals surface area (Å²) in [5.74, 6) is -1.09. The summed E-state index contributed by atoms with van der Waals surface area (Å²) < 4.78 is 5.47. The van der Waals surface area contributed by atoms with Crippen molar-refractivity contribution < 1.29 is 19.1 Å². The van der Waals surface area contributed by atoms with Crippen molar-refractivity contribution in [1.82, 2.24) is 4.90 Å². The Hall–Kier alpha value is -1.12. The van der Waals surface area contributed by atoms with Gasteiger partial charge in [-0.2, -0.15) is 0 Å². The highest BCUT2D eigenvalue weighted by molar-refractivity contribution is 9.10. The van der Waals surface area contributed by atoms with Crippen LogP contribution in [0, 0.1) is 0 Å². The minimum Gasteiger partial charge on any atom is -0.467 e. The topological polar surface area (TPSA) is 63.7 Å². The van der Waals surface area contributed by atoms with Gasteiger partial charge in [-0.25, -0.2) is 4.79 Å². The molecular weight excluding hydrogens is 366 g/mol. The lowest BCUT2D eigenvalue weighted by atomic mass is 10.3. The Kier molecular flexibility index (Phi) is 4.66. The van der Waals surface area contributed by atoms with Gasteiger partial charge in [0.25, 0.3) is 11.1 Å². The van der Waals surface area contributed by atoms with Gasteiger partial charge in [-0.15, -0.1) is 11.3 Å². The van der Waals surface area contributed by atoms with E-state index in [0.29, 0.717) is 4.91 Å². The molecule has 0 aliphatic carbocycles. The summed E-state index contributed by atoms with van der Waals surface area (Å²) in [5, 5.41) is 1.42. The predicted octanol–water partition coefficient (Wildman–Crippen LogP) is 3.11. The van der Waals surface area contributed by atoms with Crippen LogP contribution < -0.4 is 0 Å². The number of amides is 2. The van der Waals surface area contributed by atoms with E-state index in [1.54, 1.807) is 6.08 Å². The van der Waals surface area contributed by atoms with Crippen LogP contribution in [-0.4, -0.2) is 35.2 Å². The quantitative estimate of drug-likeness (QED) is 0.599. The maximum absolute atomic E-state index is 12.2. The second kappa shape index (κ2) is 6.11. The molecule has 1 atom stereocenters. The van der Waals surface area contributed by atoms with E-state index in [0.717, 1.165) is 26.0 Å². The highest BCUT2D eigenvalue weighted by atomic mass is 79.9. The average Bonchev–Trinajstić information content (AvgIpc) is 2.93. The third kappa shape index (κ3) is 2.97. The van der Waals surface area contributed by atoms with Gasteiger partial charge in [0.2, 0.25) is 0 Å². The summed E-state index contributed by atoms with van der Waals surface area (Å²) in [5.41, 5.74) is 0. The van der Waals surface area contributed by atoms with Crippen LogP contribution >= 0.6 is 39.0 Å². The van der Waals surface area contributed by atoms with Crippen LogP contribution in [0.2, 0.25) is 0 Å². The predicted molar refractivity (Wildman–Crippen MR) is 81.3 cm³/mol. The molecule has 1 aromatic rings. The molecule has 0 bridgehead atoms. The van der Waals surface area contributed by atoms with E-state index in [-0.39, 0.29) is 0 Å². The Morgan fingerprint density at radius 1 is 1.50 bits per heavy atom. The number of carbonyl (C=O) groups is 3. The monoisotopic (exact) mass is 375 g/mol. The normalized spacial score (nSPS) is 18.8. The standard InChI is InChI=1S/C12H10BrNO4S2/c1-6(11(16)18-2)14-10(15)9(20-12(14)17)4-8-3-7(13)5-19-8/h3-6H,1-2H3/b9-4-/t6-/m0/s1. The Labute approximate surface area is 132 Å². The first-order valence-electron chi connectivity index (χ1n) is 5.53. The highest BCUT2D eigenvalue weighted by Gasteiger charge is 2.41. The molecule has 2 rings (SSSR count). The summed E-state index contributed by atoms with van der Waals surface area (Å²) >= 11 is 5.60. The van der Waals surface area contributed by atoms with E-state index in [4.69, 9.17) is 0 Å². The zero-order valence-corrected chi connectivity index (χ0v) is 13.8. The first-order valence-corrected chi connectivity index (χ1v) is 8.02. The first-order chi connectivity index (χ1) is 9.43.